The maximum atomic E-state index is 13.4. The van der Waals surface area contributed by atoms with E-state index in [1.807, 2.05) is 32.0 Å². The van der Waals surface area contributed by atoms with E-state index < -0.39 is 11.7 Å². The summed E-state index contributed by atoms with van der Waals surface area (Å²) in [6.45, 7) is 3.98. The van der Waals surface area contributed by atoms with Crippen LogP contribution in [0, 0.1) is 25.5 Å². The van der Waals surface area contributed by atoms with Crippen LogP contribution in [0.3, 0.4) is 0 Å². The molecule has 30 heavy (non-hydrogen) atoms. The molecule has 1 amide bonds. The zero-order valence-corrected chi connectivity index (χ0v) is 16.4. The molecule has 0 aliphatic heterocycles. The first-order chi connectivity index (χ1) is 14.4. The van der Waals surface area contributed by atoms with E-state index in [-0.39, 0.29) is 11.6 Å². The summed E-state index contributed by atoms with van der Waals surface area (Å²) in [6.07, 6.45) is 0. The molecule has 4 rings (SSSR count). The van der Waals surface area contributed by atoms with Gasteiger partial charge in [-0.2, -0.15) is 0 Å². The molecule has 0 radical (unpaired) electrons. The molecule has 3 aromatic carbocycles. The number of carbonyl (C=O) groups is 1. The average molecular weight is 404 g/mol. The monoisotopic (exact) mass is 404 g/mol. The maximum absolute atomic E-state index is 13.4. The molecule has 0 aliphatic carbocycles. The molecule has 0 atom stereocenters. The summed E-state index contributed by atoms with van der Waals surface area (Å²) in [4.78, 5) is 17.1. The number of halogens is 2. The first-order valence-corrected chi connectivity index (χ1v) is 9.28. The molecular formula is C23H18F2N4O. The summed E-state index contributed by atoms with van der Waals surface area (Å²) >= 11 is 0. The third-order valence-electron chi connectivity index (χ3n) is 4.75. The first-order valence-electron chi connectivity index (χ1n) is 9.28. The topological polar surface area (TPSA) is 59.8 Å². The molecule has 150 valence electrons. The Hall–Kier alpha value is -3.87. The zero-order valence-electron chi connectivity index (χ0n) is 16.4. The molecule has 1 N–H and O–H groups in total. The van der Waals surface area contributed by atoms with Gasteiger partial charge in [0, 0.05) is 11.3 Å². The average Bonchev–Trinajstić information content (AvgIpc) is 3.18. The highest BCUT2D eigenvalue weighted by molar-refractivity contribution is 6.01. The van der Waals surface area contributed by atoms with Crippen LogP contribution in [-0.4, -0.2) is 20.7 Å². The Labute approximate surface area is 172 Å². The smallest absolute Gasteiger partial charge is 0.295 e. The van der Waals surface area contributed by atoms with Gasteiger partial charge >= 0.3 is 0 Å². The van der Waals surface area contributed by atoms with Gasteiger partial charge < -0.3 is 5.32 Å². The molecule has 4 aromatic rings. The molecule has 7 heteroatoms. The van der Waals surface area contributed by atoms with Gasteiger partial charge in [-0.1, -0.05) is 6.07 Å². The summed E-state index contributed by atoms with van der Waals surface area (Å²) < 4.78 is 28.0. The summed E-state index contributed by atoms with van der Waals surface area (Å²) in [6, 6.07) is 17.0. The predicted octanol–water partition coefficient (Wildman–Crippen LogP) is 5.08. The van der Waals surface area contributed by atoms with Gasteiger partial charge in [-0.3, -0.25) is 4.79 Å². The minimum Gasteiger partial charge on any atom is -0.319 e. The first kappa shape index (κ1) is 19.4. The Morgan fingerprint density at radius 1 is 0.867 bits per heavy atom. The molecule has 0 saturated heterocycles. The number of benzene rings is 3. The number of aryl methyl sites for hydroxylation is 2. The van der Waals surface area contributed by atoms with Crippen LogP contribution in [0.15, 0.2) is 66.7 Å². The van der Waals surface area contributed by atoms with E-state index in [0.29, 0.717) is 17.1 Å². The Balaban J connectivity index is 1.76. The van der Waals surface area contributed by atoms with Crippen molar-refractivity contribution < 1.29 is 13.6 Å². The van der Waals surface area contributed by atoms with Crippen molar-refractivity contribution in [1.82, 2.24) is 14.8 Å². The Kier molecular flexibility index (Phi) is 5.10. The molecule has 0 saturated carbocycles. The highest BCUT2D eigenvalue weighted by atomic mass is 19.1. The van der Waals surface area contributed by atoms with Gasteiger partial charge in [-0.05, 0) is 85.6 Å². The highest BCUT2D eigenvalue weighted by Gasteiger charge is 2.19. The lowest BCUT2D eigenvalue weighted by Gasteiger charge is -2.08. The van der Waals surface area contributed by atoms with Gasteiger partial charge in [0.2, 0.25) is 5.82 Å². The van der Waals surface area contributed by atoms with E-state index in [1.54, 1.807) is 16.8 Å². The minimum absolute atomic E-state index is 0.0584. The number of rotatable bonds is 4. The van der Waals surface area contributed by atoms with Gasteiger partial charge in [0.15, 0.2) is 5.82 Å². The van der Waals surface area contributed by atoms with E-state index in [2.05, 4.69) is 15.4 Å². The minimum atomic E-state index is -0.535. The van der Waals surface area contributed by atoms with Crippen molar-refractivity contribution in [2.75, 3.05) is 5.32 Å². The van der Waals surface area contributed by atoms with Crippen molar-refractivity contribution in [3.63, 3.8) is 0 Å². The van der Waals surface area contributed by atoms with E-state index in [0.717, 1.165) is 16.8 Å². The fourth-order valence-electron chi connectivity index (χ4n) is 2.95. The molecule has 1 heterocycles. The molecule has 5 nitrogen and oxygen atoms in total. The van der Waals surface area contributed by atoms with Gasteiger partial charge in [-0.15, -0.1) is 5.10 Å². The summed E-state index contributed by atoms with van der Waals surface area (Å²) in [5, 5.41) is 7.04. The molecule has 0 spiro atoms. The van der Waals surface area contributed by atoms with Crippen molar-refractivity contribution in [3.8, 4) is 17.1 Å². The van der Waals surface area contributed by atoms with Crippen molar-refractivity contribution >= 4 is 11.6 Å². The third-order valence-corrected chi connectivity index (χ3v) is 4.75. The molecular weight excluding hydrogens is 386 g/mol. The van der Waals surface area contributed by atoms with Crippen molar-refractivity contribution in [1.29, 1.82) is 0 Å². The summed E-state index contributed by atoms with van der Waals surface area (Å²) in [7, 11) is 0. The second-order valence-corrected chi connectivity index (χ2v) is 6.91. The van der Waals surface area contributed by atoms with Crippen LogP contribution in [0.2, 0.25) is 0 Å². The van der Waals surface area contributed by atoms with Gasteiger partial charge in [0.25, 0.3) is 5.91 Å². The van der Waals surface area contributed by atoms with Crippen LogP contribution in [0.1, 0.15) is 21.7 Å². The third kappa shape index (κ3) is 3.96. The number of anilines is 1. The van der Waals surface area contributed by atoms with Crippen LogP contribution >= 0.6 is 0 Å². The second kappa shape index (κ2) is 7.87. The molecule has 0 fully saturated rings. The Bertz CT molecular complexity index is 1220. The number of aromatic nitrogens is 3. The van der Waals surface area contributed by atoms with Crippen LogP contribution in [-0.2, 0) is 0 Å². The predicted molar refractivity (Wildman–Crippen MR) is 111 cm³/mol. The molecule has 0 aliphatic rings. The lowest BCUT2D eigenvalue weighted by molar-refractivity contribution is 0.101. The SMILES string of the molecule is Cc1ccc(-n2nc(C(=O)Nc3ccc(F)cc3)nc2-c2ccc(F)cc2)cc1C. The normalized spacial score (nSPS) is 10.8. The van der Waals surface area contributed by atoms with E-state index in [4.69, 9.17) is 0 Å². The maximum Gasteiger partial charge on any atom is 0.295 e. The largest absolute Gasteiger partial charge is 0.319 e. The highest BCUT2D eigenvalue weighted by Crippen LogP contribution is 2.23. The second-order valence-electron chi connectivity index (χ2n) is 6.91. The number of nitrogens with one attached hydrogen (secondary N) is 1. The molecule has 0 bridgehead atoms. The number of nitrogens with zero attached hydrogens (tertiary/aromatic N) is 3. The van der Waals surface area contributed by atoms with Crippen LogP contribution in [0.4, 0.5) is 14.5 Å². The van der Waals surface area contributed by atoms with Gasteiger partial charge in [0.05, 0.1) is 5.69 Å². The number of carbonyl (C=O) groups excluding carboxylic acids is 1. The molecule has 1 aromatic heterocycles. The lowest BCUT2D eigenvalue weighted by atomic mass is 10.1. The number of hydrogen-bond acceptors (Lipinski definition) is 3. The summed E-state index contributed by atoms with van der Waals surface area (Å²) in [5.41, 5.74) is 3.95. The Morgan fingerprint density at radius 3 is 2.13 bits per heavy atom. The van der Waals surface area contributed by atoms with E-state index >= 15 is 0 Å². The number of hydrogen-bond donors (Lipinski definition) is 1. The van der Waals surface area contributed by atoms with E-state index in [1.165, 1.54) is 36.4 Å². The molecule has 0 unspecified atom stereocenters. The standard InChI is InChI=1S/C23H18F2N4O/c1-14-3-12-20(13-15(14)2)29-22(16-4-6-17(24)7-5-16)27-21(28-29)23(30)26-19-10-8-18(25)9-11-19/h3-13H,1-2H3,(H,26,30). The van der Waals surface area contributed by atoms with Crippen molar-refractivity contribution in [3.05, 3.63) is 95.3 Å². The van der Waals surface area contributed by atoms with Crippen molar-refractivity contribution in [2.45, 2.75) is 13.8 Å². The van der Waals surface area contributed by atoms with E-state index in [9.17, 15) is 13.6 Å². The fourth-order valence-corrected chi connectivity index (χ4v) is 2.95. The van der Waals surface area contributed by atoms with Crippen molar-refractivity contribution in [2.24, 2.45) is 0 Å². The van der Waals surface area contributed by atoms with Gasteiger partial charge in [0.1, 0.15) is 11.6 Å². The van der Waals surface area contributed by atoms with Gasteiger partial charge in [-0.25, -0.2) is 18.4 Å². The van der Waals surface area contributed by atoms with Crippen LogP contribution < -0.4 is 5.32 Å². The lowest BCUT2D eigenvalue weighted by Crippen LogP contribution is -2.14. The van der Waals surface area contributed by atoms with Crippen LogP contribution in [0.25, 0.3) is 17.1 Å². The van der Waals surface area contributed by atoms with Crippen LogP contribution in [0.5, 0.6) is 0 Å². The summed E-state index contributed by atoms with van der Waals surface area (Å²) in [5.74, 6) is -0.957. The number of amides is 1. The zero-order chi connectivity index (χ0) is 21.3. The Morgan fingerprint density at radius 2 is 1.50 bits per heavy atom. The quantitative estimate of drug-likeness (QED) is 0.516. The fraction of sp³-hybridized carbons (Fsp3) is 0.0870.